The molecule has 0 aliphatic heterocycles. The number of fused-ring (bicyclic) bond motifs is 1. The minimum atomic E-state index is -0.0268. The lowest BCUT2D eigenvalue weighted by Gasteiger charge is -2.23. The second kappa shape index (κ2) is 8.91. The van der Waals surface area contributed by atoms with E-state index in [0.29, 0.717) is 36.5 Å². The van der Waals surface area contributed by atoms with Crippen LogP contribution in [0.15, 0.2) is 24.4 Å². The number of nitrogens with zero attached hydrogens (tertiary/aromatic N) is 2. The summed E-state index contributed by atoms with van der Waals surface area (Å²) in [6.07, 6.45) is 5.85. The molecule has 1 aromatic heterocycles. The van der Waals surface area contributed by atoms with Gasteiger partial charge >= 0.3 is 0 Å². The van der Waals surface area contributed by atoms with Crippen LogP contribution in [0.1, 0.15) is 60.3 Å². The number of aryl methyl sites for hydroxylation is 1. The van der Waals surface area contributed by atoms with Crippen molar-refractivity contribution in [2.45, 2.75) is 45.1 Å². The van der Waals surface area contributed by atoms with Crippen molar-refractivity contribution >= 4 is 11.7 Å². The summed E-state index contributed by atoms with van der Waals surface area (Å²) in [6.45, 7) is 1.90. The highest BCUT2D eigenvalue weighted by atomic mass is 16.5. The van der Waals surface area contributed by atoms with Gasteiger partial charge in [-0.05, 0) is 50.8 Å². The van der Waals surface area contributed by atoms with Crippen LogP contribution in [0.4, 0.5) is 0 Å². The third-order valence-corrected chi connectivity index (χ3v) is 5.09. The van der Waals surface area contributed by atoms with E-state index in [1.54, 1.807) is 18.2 Å². The molecule has 0 saturated heterocycles. The fourth-order valence-electron chi connectivity index (χ4n) is 3.54. The van der Waals surface area contributed by atoms with Gasteiger partial charge in [0.2, 0.25) is 5.91 Å². The SMILES string of the molecule is COc1cc(C(C)=O)ccc1OCCCC(=O)N[C@@H]1CCCc2c1cnn2C. The van der Waals surface area contributed by atoms with Crippen molar-refractivity contribution in [3.05, 3.63) is 41.2 Å². The molecule has 1 atom stereocenters. The van der Waals surface area contributed by atoms with Gasteiger partial charge in [-0.1, -0.05) is 0 Å². The van der Waals surface area contributed by atoms with Crippen LogP contribution in [0.3, 0.4) is 0 Å². The molecule has 0 fully saturated rings. The summed E-state index contributed by atoms with van der Waals surface area (Å²) in [5.41, 5.74) is 2.92. The molecule has 1 aliphatic carbocycles. The number of hydrogen-bond donors (Lipinski definition) is 1. The summed E-state index contributed by atoms with van der Waals surface area (Å²) in [7, 11) is 3.48. The zero-order valence-electron chi connectivity index (χ0n) is 16.7. The zero-order valence-corrected chi connectivity index (χ0v) is 16.7. The van der Waals surface area contributed by atoms with Crippen molar-refractivity contribution in [3.8, 4) is 11.5 Å². The maximum Gasteiger partial charge on any atom is 0.220 e. The second-order valence-corrected chi connectivity index (χ2v) is 7.06. The van der Waals surface area contributed by atoms with Gasteiger partial charge in [-0.2, -0.15) is 5.10 Å². The molecule has 0 saturated carbocycles. The Morgan fingerprint density at radius 3 is 2.89 bits per heavy atom. The van der Waals surface area contributed by atoms with E-state index in [2.05, 4.69) is 10.4 Å². The van der Waals surface area contributed by atoms with Gasteiger partial charge in [0.05, 0.1) is 26.0 Å². The molecule has 7 nitrogen and oxygen atoms in total. The minimum Gasteiger partial charge on any atom is -0.493 e. The Morgan fingerprint density at radius 2 is 2.14 bits per heavy atom. The molecule has 3 rings (SSSR count). The third-order valence-electron chi connectivity index (χ3n) is 5.09. The fraction of sp³-hybridized carbons (Fsp3) is 0.476. The molecule has 28 heavy (non-hydrogen) atoms. The van der Waals surface area contributed by atoms with Crippen molar-refractivity contribution in [2.75, 3.05) is 13.7 Å². The standard InChI is InChI=1S/C21H27N3O4/c1-14(25)15-9-10-19(20(12-15)27-3)28-11-5-8-21(26)23-17-6-4-7-18-16(17)13-22-24(18)2/h9-10,12-13,17H,4-8,11H2,1-3H3,(H,23,26)/t17-/m1/s1. The number of hydrogen-bond acceptors (Lipinski definition) is 5. The molecule has 0 radical (unpaired) electrons. The number of carbonyl (C=O) groups is 2. The lowest BCUT2D eigenvalue weighted by atomic mass is 9.93. The monoisotopic (exact) mass is 385 g/mol. The normalized spacial score (nSPS) is 15.6. The molecule has 0 spiro atoms. The van der Waals surface area contributed by atoms with E-state index < -0.39 is 0 Å². The van der Waals surface area contributed by atoms with Crippen LogP contribution in [0.2, 0.25) is 0 Å². The fourth-order valence-corrected chi connectivity index (χ4v) is 3.54. The van der Waals surface area contributed by atoms with Crippen molar-refractivity contribution in [1.82, 2.24) is 15.1 Å². The van der Waals surface area contributed by atoms with Gasteiger partial charge in [0.15, 0.2) is 17.3 Å². The van der Waals surface area contributed by atoms with Crippen LogP contribution in [0.5, 0.6) is 11.5 Å². The average Bonchev–Trinajstić information content (AvgIpc) is 3.07. The van der Waals surface area contributed by atoms with Crippen molar-refractivity contribution in [2.24, 2.45) is 7.05 Å². The molecule has 2 aromatic rings. The first kappa shape index (κ1) is 19.9. The highest BCUT2D eigenvalue weighted by Crippen LogP contribution is 2.30. The molecule has 1 aliphatic rings. The Bertz CT molecular complexity index is 859. The number of ether oxygens (including phenoxy) is 2. The van der Waals surface area contributed by atoms with Crippen LogP contribution in [0.25, 0.3) is 0 Å². The molecular formula is C21H27N3O4. The second-order valence-electron chi connectivity index (χ2n) is 7.06. The van der Waals surface area contributed by atoms with Crippen molar-refractivity contribution in [3.63, 3.8) is 0 Å². The lowest BCUT2D eigenvalue weighted by molar-refractivity contribution is -0.122. The predicted octanol–water partition coefficient (Wildman–Crippen LogP) is 2.98. The van der Waals surface area contributed by atoms with Gasteiger partial charge in [-0.25, -0.2) is 0 Å². The average molecular weight is 385 g/mol. The van der Waals surface area contributed by atoms with Crippen LogP contribution < -0.4 is 14.8 Å². The number of Topliss-reactive ketones (excluding diaryl/α,β-unsaturated/α-hetero) is 1. The van der Waals surface area contributed by atoms with Crippen molar-refractivity contribution < 1.29 is 19.1 Å². The highest BCUT2D eigenvalue weighted by Gasteiger charge is 2.24. The van der Waals surface area contributed by atoms with Gasteiger partial charge in [0, 0.05) is 30.3 Å². The van der Waals surface area contributed by atoms with Gasteiger partial charge < -0.3 is 14.8 Å². The lowest BCUT2D eigenvalue weighted by Crippen LogP contribution is -2.31. The summed E-state index contributed by atoms with van der Waals surface area (Å²) in [5.74, 6) is 1.08. The number of methoxy groups -OCH3 is 1. The number of carbonyl (C=O) groups excluding carboxylic acids is 2. The van der Waals surface area contributed by atoms with Gasteiger partial charge in [0.25, 0.3) is 0 Å². The molecule has 1 aromatic carbocycles. The van der Waals surface area contributed by atoms with E-state index in [4.69, 9.17) is 9.47 Å². The van der Waals surface area contributed by atoms with Crippen molar-refractivity contribution in [1.29, 1.82) is 0 Å². The minimum absolute atomic E-state index is 0.0178. The van der Waals surface area contributed by atoms with Crippen LogP contribution in [-0.4, -0.2) is 35.2 Å². The Balaban J connectivity index is 1.47. The summed E-state index contributed by atoms with van der Waals surface area (Å²) >= 11 is 0. The molecule has 150 valence electrons. The quantitative estimate of drug-likeness (QED) is 0.558. The summed E-state index contributed by atoms with van der Waals surface area (Å²) < 4.78 is 12.9. The topological polar surface area (TPSA) is 82.4 Å². The van der Waals surface area contributed by atoms with Gasteiger partial charge in [-0.15, -0.1) is 0 Å². The van der Waals surface area contributed by atoms with E-state index in [1.165, 1.54) is 19.7 Å². The Morgan fingerprint density at radius 1 is 1.32 bits per heavy atom. The van der Waals surface area contributed by atoms with E-state index in [9.17, 15) is 9.59 Å². The highest BCUT2D eigenvalue weighted by molar-refractivity contribution is 5.94. The number of aromatic nitrogens is 2. The zero-order chi connectivity index (χ0) is 20.1. The first-order chi connectivity index (χ1) is 13.5. The van der Waals surface area contributed by atoms with E-state index in [1.807, 2.05) is 17.9 Å². The Labute approximate surface area is 165 Å². The van der Waals surface area contributed by atoms with Gasteiger partial charge in [0.1, 0.15) is 0 Å². The smallest absolute Gasteiger partial charge is 0.220 e. The van der Waals surface area contributed by atoms with Crippen LogP contribution >= 0.6 is 0 Å². The number of nitrogens with one attached hydrogen (secondary N) is 1. The molecule has 0 unspecified atom stereocenters. The Hall–Kier alpha value is -2.83. The largest absolute Gasteiger partial charge is 0.493 e. The summed E-state index contributed by atoms with van der Waals surface area (Å²) in [6, 6.07) is 5.15. The maximum atomic E-state index is 12.3. The number of benzene rings is 1. The molecule has 1 heterocycles. The molecule has 1 amide bonds. The first-order valence-electron chi connectivity index (χ1n) is 9.61. The number of rotatable bonds is 8. The van der Waals surface area contributed by atoms with Crippen LogP contribution in [0, 0.1) is 0 Å². The van der Waals surface area contributed by atoms with Gasteiger partial charge in [-0.3, -0.25) is 14.3 Å². The number of ketones is 1. The first-order valence-corrected chi connectivity index (χ1v) is 9.61. The maximum absolute atomic E-state index is 12.3. The van der Waals surface area contributed by atoms with Crippen LogP contribution in [-0.2, 0) is 18.3 Å². The van der Waals surface area contributed by atoms with E-state index >= 15 is 0 Å². The number of amides is 1. The molecular weight excluding hydrogens is 358 g/mol. The van der Waals surface area contributed by atoms with E-state index in [0.717, 1.165) is 24.8 Å². The summed E-state index contributed by atoms with van der Waals surface area (Å²) in [4.78, 5) is 23.8. The Kier molecular flexibility index (Phi) is 6.34. The third kappa shape index (κ3) is 4.52. The molecule has 0 bridgehead atoms. The molecule has 1 N–H and O–H groups in total. The molecule has 7 heteroatoms. The predicted molar refractivity (Wildman–Crippen MR) is 105 cm³/mol. The summed E-state index contributed by atoms with van der Waals surface area (Å²) in [5, 5.41) is 7.43. The van der Waals surface area contributed by atoms with E-state index in [-0.39, 0.29) is 17.7 Å².